The molecule has 1 fully saturated rings. The molecule has 0 unspecified atom stereocenters. The number of aromatic amines is 1. The van der Waals surface area contributed by atoms with Crippen LogP contribution in [0.2, 0.25) is 0 Å². The number of hydrogen-bond acceptors (Lipinski definition) is 6. The van der Waals surface area contributed by atoms with Gasteiger partial charge in [0.1, 0.15) is 5.65 Å². The summed E-state index contributed by atoms with van der Waals surface area (Å²) in [5, 5.41) is 8.03. The number of aromatic nitrogens is 2. The Bertz CT molecular complexity index is 1350. The number of nitrogens with two attached hydrogens (primary N) is 1. The van der Waals surface area contributed by atoms with Gasteiger partial charge in [0.25, 0.3) is 0 Å². The predicted molar refractivity (Wildman–Crippen MR) is 129 cm³/mol. The van der Waals surface area contributed by atoms with E-state index in [4.69, 9.17) is 15.6 Å². The standard InChI is InChI=1S/C21H25N5O3S.C2HF3O2/c22-8-10-24-30(28,29)17-5-3-15(4-6-17)18-7-9-23-21-19(18)13-16(25-21)14-20(27)26-11-1-2-12-26;3-2(4,5)1(6)7/h3-7,9,13,24H,1-2,8,10-12,14,22H2,(H,23,25);(H,6,7). The van der Waals surface area contributed by atoms with Crippen molar-refractivity contribution in [2.75, 3.05) is 26.2 Å². The second-order valence-electron chi connectivity index (χ2n) is 8.19. The lowest BCUT2D eigenvalue weighted by Gasteiger charge is -2.14. The third-order valence-corrected chi connectivity index (χ3v) is 7.02. The van der Waals surface area contributed by atoms with Crippen molar-refractivity contribution in [1.82, 2.24) is 19.6 Å². The maximum atomic E-state index is 12.5. The summed E-state index contributed by atoms with van der Waals surface area (Å²) in [5.41, 5.74) is 8.70. The van der Waals surface area contributed by atoms with Crippen LogP contribution in [0.5, 0.6) is 0 Å². The molecule has 37 heavy (non-hydrogen) atoms. The zero-order valence-corrected chi connectivity index (χ0v) is 20.4. The minimum absolute atomic E-state index is 0.125. The van der Waals surface area contributed by atoms with Crippen LogP contribution in [0.15, 0.2) is 47.5 Å². The molecule has 0 saturated carbocycles. The van der Waals surface area contributed by atoms with E-state index in [1.165, 1.54) is 0 Å². The SMILES string of the molecule is NCCNS(=O)(=O)c1ccc(-c2ccnc3[nH]c(CC(=O)N4CCCC4)cc23)cc1.O=C(O)C(F)(F)F. The highest BCUT2D eigenvalue weighted by Gasteiger charge is 2.38. The van der Waals surface area contributed by atoms with Crippen molar-refractivity contribution in [3.63, 3.8) is 0 Å². The van der Waals surface area contributed by atoms with Crippen LogP contribution in [0.1, 0.15) is 18.5 Å². The Labute approximate surface area is 210 Å². The van der Waals surface area contributed by atoms with Crippen LogP contribution in [0.4, 0.5) is 13.2 Å². The number of carbonyl (C=O) groups is 2. The first-order valence-corrected chi connectivity index (χ1v) is 12.8. The smallest absolute Gasteiger partial charge is 0.475 e. The van der Waals surface area contributed by atoms with Crippen LogP contribution in [-0.2, 0) is 26.0 Å². The molecule has 3 heterocycles. The Morgan fingerprint density at radius 3 is 2.32 bits per heavy atom. The number of nitrogens with zero attached hydrogens (tertiary/aromatic N) is 2. The van der Waals surface area contributed by atoms with Gasteiger partial charge in [-0.15, -0.1) is 0 Å². The van der Waals surface area contributed by atoms with Crippen LogP contribution in [0.3, 0.4) is 0 Å². The number of carboxylic acids is 1. The zero-order valence-electron chi connectivity index (χ0n) is 19.6. The van der Waals surface area contributed by atoms with Crippen molar-refractivity contribution in [1.29, 1.82) is 0 Å². The van der Waals surface area contributed by atoms with Crippen molar-refractivity contribution in [3.8, 4) is 11.1 Å². The number of H-pyrrole nitrogens is 1. The van der Waals surface area contributed by atoms with Gasteiger partial charge >= 0.3 is 12.1 Å². The Kier molecular flexibility index (Phi) is 8.89. The van der Waals surface area contributed by atoms with Crippen LogP contribution < -0.4 is 10.5 Å². The molecule has 5 N–H and O–H groups in total. The number of hydrogen-bond donors (Lipinski definition) is 4. The molecular formula is C23H26F3N5O5S. The molecule has 1 aromatic carbocycles. The quantitative estimate of drug-likeness (QED) is 0.357. The number of benzene rings is 1. The van der Waals surface area contributed by atoms with Gasteiger partial charge in [0.15, 0.2) is 0 Å². The number of aliphatic carboxylic acids is 1. The van der Waals surface area contributed by atoms with Gasteiger partial charge in [-0.2, -0.15) is 13.2 Å². The summed E-state index contributed by atoms with van der Waals surface area (Å²) in [4.78, 5) is 31.1. The normalized spacial score (nSPS) is 13.9. The Morgan fingerprint density at radius 2 is 1.76 bits per heavy atom. The number of pyridine rings is 1. The van der Waals surface area contributed by atoms with E-state index >= 15 is 0 Å². The summed E-state index contributed by atoms with van der Waals surface area (Å²) >= 11 is 0. The van der Waals surface area contributed by atoms with Gasteiger partial charge in [-0.1, -0.05) is 12.1 Å². The number of likely N-dealkylation sites (tertiary alicyclic amines) is 1. The number of amides is 1. The number of sulfonamides is 1. The topological polar surface area (TPSA) is 158 Å². The molecule has 0 atom stereocenters. The lowest BCUT2D eigenvalue weighted by Crippen LogP contribution is -2.29. The van der Waals surface area contributed by atoms with Gasteiger partial charge in [-0.3, -0.25) is 4.79 Å². The summed E-state index contributed by atoms with van der Waals surface area (Å²) in [7, 11) is -3.57. The van der Waals surface area contributed by atoms with E-state index in [0.717, 1.165) is 48.1 Å². The van der Waals surface area contributed by atoms with Gasteiger partial charge in [0.05, 0.1) is 11.3 Å². The number of nitrogens with one attached hydrogen (secondary N) is 2. The van der Waals surface area contributed by atoms with Gasteiger partial charge in [-0.25, -0.2) is 22.9 Å². The predicted octanol–water partition coefficient (Wildman–Crippen LogP) is 2.27. The zero-order chi connectivity index (χ0) is 27.2. The highest BCUT2D eigenvalue weighted by Crippen LogP contribution is 2.29. The highest BCUT2D eigenvalue weighted by atomic mass is 32.2. The third kappa shape index (κ3) is 7.27. The number of carbonyl (C=O) groups excluding carboxylic acids is 1. The Hall–Kier alpha value is -3.49. The van der Waals surface area contributed by atoms with Crippen LogP contribution >= 0.6 is 0 Å². The molecule has 1 aliphatic rings. The number of fused-ring (bicyclic) bond motifs is 1. The van der Waals surface area contributed by atoms with E-state index in [-0.39, 0.29) is 23.9 Å². The molecule has 10 nitrogen and oxygen atoms in total. The minimum atomic E-state index is -5.08. The highest BCUT2D eigenvalue weighted by molar-refractivity contribution is 7.89. The van der Waals surface area contributed by atoms with Crippen LogP contribution in [0.25, 0.3) is 22.2 Å². The summed E-state index contributed by atoms with van der Waals surface area (Å²) in [6.45, 7) is 2.09. The molecule has 14 heteroatoms. The average molecular weight is 542 g/mol. The lowest BCUT2D eigenvalue weighted by molar-refractivity contribution is -0.192. The van der Waals surface area contributed by atoms with Crippen molar-refractivity contribution >= 4 is 32.9 Å². The molecule has 1 aliphatic heterocycles. The summed E-state index contributed by atoms with van der Waals surface area (Å²) in [5.74, 6) is -2.63. The molecule has 0 aliphatic carbocycles. The van der Waals surface area contributed by atoms with Crippen molar-refractivity contribution in [3.05, 3.63) is 48.3 Å². The van der Waals surface area contributed by atoms with Crippen molar-refractivity contribution < 1.29 is 36.3 Å². The summed E-state index contributed by atoms with van der Waals surface area (Å²) in [6.07, 6.45) is -0.928. The molecule has 0 spiro atoms. The number of carboxylic acid groups (broad SMARTS) is 1. The number of alkyl halides is 3. The lowest BCUT2D eigenvalue weighted by atomic mass is 10.0. The van der Waals surface area contributed by atoms with E-state index in [2.05, 4.69) is 14.7 Å². The maximum Gasteiger partial charge on any atom is 0.490 e. The maximum absolute atomic E-state index is 12.5. The Balaban J connectivity index is 0.000000479. The molecule has 3 aromatic rings. The molecule has 2 aromatic heterocycles. The van der Waals surface area contributed by atoms with Crippen molar-refractivity contribution in [2.24, 2.45) is 5.73 Å². The van der Waals surface area contributed by atoms with E-state index in [1.807, 2.05) is 17.0 Å². The van der Waals surface area contributed by atoms with Gasteiger partial charge in [0, 0.05) is 43.5 Å². The molecule has 200 valence electrons. The molecule has 1 saturated heterocycles. The second-order valence-corrected chi connectivity index (χ2v) is 9.96. The molecular weight excluding hydrogens is 515 g/mol. The number of rotatable bonds is 7. The fourth-order valence-corrected chi connectivity index (χ4v) is 4.81. The average Bonchev–Trinajstić information content (AvgIpc) is 3.52. The van der Waals surface area contributed by atoms with Gasteiger partial charge < -0.3 is 20.7 Å². The van der Waals surface area contributed by atoms with E-state index in [1.54, 1.807) is 30.5 Å². The number of halogens is 3. The Morgan fingerprint density at radius 1 is 1.14 bits per heavy atom. The third-order valence-electron chi connectivity index (χ3n) is 5.54. The summed E-state index contributed by atoms with van der Waals surface area (Å²) < 4.78 is 58.7. The largest absolute Gasteiger partial charge is 0.490 e. The molecule has 0 radical (unpaired) electrons. The molecule has 1 amide bonds. The fraction of sp³-hybridized carbons (Fsp3) is 0.348. The fourth-order valence-electron chi connectivity index (χ4n) is 3.76. The molecule has 0 bridgehead atoms. The first kappa shape index (κ1) is 28.1. The first-order chi connectivity index (χ1) is 17.4. The van der Waals surface area contributed by atoms with Crippen LogP contribution in [-0.4, -0.2) is 72.6 Å². The van der Waals surface area contributed by atoms with Gasteiger partial charge in [0.2, 0.25) is 15.9 Å². The first-order valence-electron chi connectivity index (χ1n) is 11.3. The van der Waals surface area contributed by atoms with E-state index in [9.17, 15) is 26.4 Å². The second kappa shape index (κ2) is 11.7. The minimum Gasteiger partial charge on any atom is -0.475 e. The van der Waals surface area contributed by atoms with E-state index in [0.29, 0.717) is 12.1 Å². The molecule has 4 rings (SSSR count). The summed E-state index contributed by atoms with van der Waals surface area (Å²) in [6, 6.07) is 10.5. The van der Waals surface area contributed by atoms with Crippen LogP contribution in [0, 0.1) is 0 Å². The monoisotopic (exact) mass is 541 g/mol. The van der Waals surface area contributed by atoms with E-state index < -0.39 is 22.2 Å². The van der Waals surface area contributed by atoms with Crippen molar-refractivity contribution in [2.45, 2.75) is 30.3 Å². The van der Waals surface area contributed by atoms with Gasteiger partial charge in [-0.05, 0) is 48.2 Å².